The molecule has 0 fully saturated rings. The fourth-order valence-corrected chi connectivity index (χ4v) is 2.89. The summed E-state index contributed by atoms with van der Waals surface area (Å²) in [5.74, 6) is 2.54. The maximum Gasteiger partial charge on any atom is 0.230 e. The van der Waals surface area contributed by atoms with Crippen LogP contribution in [0.1, 0.15) is 18.7 Å². The zero-order chi connectivity index (χ0) is 15.4. The van der Waals surface area contributed by atoms with Crippen molar-refractivity contribution < 1.29 is 18.7 Å². The molecule has 2 heterocycles. The highest BCUT2D eigenvalue weighted by Crippen LogP contribution is 2.34. The number of hydrogen-bond acceptors (Lipinski definition) is 5. The molecule has 0 aliphatic carbocycles. The number of thioether (sulfide) groups is 1. The molecule has 0 saturated carbocycles. The fourth-order valence-electron chi connectivity index (χ4n) is 2.15. The number of hydrogen-bond donors (Lipinski definition) is 1. The van der Waals surface area contributed by atoms with Crippen molar-refractivity contribution in [2.24, 2.45) is 0 Å². The van der Waals surface area contributed by atoms with Gasteiger partial charge in [-0.2, -0.15) is 0 Å². The minimum absolute atomic E-state index is 0.0382. The second-order valence-electron chi connectivity index (χ2n) is 4.90. The van der Waals surface area contributed by atoms with Gasteiger partial charge in [0.15, 0.2) is 11.5 Å². The smallest absolute Gasteiger partial charge is 0.230 e. The Balaban J connectivity index is 1.52. The van der Waals surface area contributed by atoms with Crippen LogP contribution in [0, 0.1) is 0 Å². The van der Waals surface area contributed by atoms with E-state index in [0.29, 0.717) is 19.0 Å². The Hall–Kier alpha value is -2.08. The molecule has 116 valence electrons. The summed E-state index contributed by atoms with van der Waals surface area (Å²) in [6.45, 7) is 3.03. The summed E-state index contributed by atoms with van der Waals surface area (Å²) in [6, 6.07) is 9.23. The molecule has 5 nitrogen and oxygen atoms in total. The quantitative estimate of drug-likeness (QED) is 0.858. The summed E-state index contributed by atoms with van der Waals surface area (Å²) in [5.41, 5.74) is 0. The Kier molecular flexibility index (Phi) is 4.58. The lowest BCUT2D eigenvalue weighted by atomic mass is 10.2. The molecule has 22 heavy (non-hydrogen) atoms. The molecule has 0 spiro atoms. The molecule has 0 saturated heterocycles. The predicted molar refractivity (Wildman–Crippen MR) is 83.4 cm³/mol. The first-order valence-electron chi connectivity index (χ1n) is 7.07. The standard InChI is InChI=1S/C16H17NO4S/c1-11(13-3-2-6-19-13)17-16(18)10-22-12-4-5-14-15(9-12)21-8-7-20-14/h2-6,9,11H,7-8,10H2,1H3,(H,17,18)/t11-/m0/s1. The van der Waals surface area contributed by atoms with Gasteiger partial charge in [0.05, 0.1) is 18.1 Å². The number of benzene rings is 1. The van der Waals surface area contributed by atoms with Crippen LogP contribution >= 0.6 is 11.8 Å². The summed E-state index contributed by atoms with van der Waals surface area (Å²) in [4.78, 5) is 13.0. The Bertz CT molecular complexity index is 642. The molecule has 0 bridgehead atoms. The van der Waals surface area contributed by atoms with Crippen molar-refractivity contribution in [3.63, 3.8) is 0 Å². The number of carbonyl (C=O) groups is 1. The molecule has 1 N–H and O–H groups in total. The predicted octanol–water partition coefficient (Wildman–Crippen LogP) is 3.02. The third-order valence-corrected chi connectivity index (χ3v) is 4.22. The highest BCUT2D eigenvalue weighted by atomic mass is 32.2. The minimum Gasteiger partial charge on any atom is -0.486 e. The average molecular weight is 319 g/mol. The number of amides is 1. The van der Waals surface area contributed by atoms with Gasteiger partial charge < -0.3 is 19.2 Å². The first-order chi connectivity index (χ1) is 10.7. The zero-order valence-corrected chi connectivity index (χ0v) is 13.0. The van der Waals surface area contributed by atoms with Gasteiger partial charge in [-0.1, -0.05) is 0 Å². The summed E-state index contributed by atoms with van der Waals surface area (Å²) in [7, 11) is 0. The van der Waals surface area contributed by atoms with Crippen molar-refractivity contribution in [3.8, 4) is 11.5 Å². The van der Waals surface area contributed by atoms with Crippen LogP contribution in [0.4, 0.5) is 0 Å². The number of fused-ring (bicyclic) bond motifs is 1. The average Bonchev–Trinajstić information content (AvgIpc) is 3.07. The monoisotopic (exact) mass is 319 g/mol. The molecular weight excluding hydrogens is 302 g/mol. The maximum atomic E-state index is 12.0. The number of furan rings is 1. The summed E-state index contributed by atoms with van der Waals surface area (Å²) < 4.78 is 16.3. The molecule has 2 aromatic rings. The molecule has 1 aromatic carbocycles. The van der Waals surface area contributed by atoms with Gasteiger partial charge in [0.2, 0.25) is 5.91 Å². The van der Waals surface area contributed by atoms with E-state index in [4.69, 9.17) is 13.9 Å². The number of ether oxygens (including phenoxy) is 2. The van der Waals surface area contributed by atoms with E-state index in [0.717, 1.165) is 22.2 Å². The van der Waals surface area contributed by atoms with Crippen LogP contribution in [-0.2, 0) is 4.79 Å². The Labute approximate surface area is 133 Å². The molecule has 1 amide bonds. The van der Waals surface area contributed by atoms with Gasteiger partial charge in [-0.3, -0.25) is 4.79 Å². The van der Waals surface area contributed by atoms with E-state index in [2.05, 4.69) is 5.32 Å². The SMILES string of the molecule is C[C@H](NC(=O)CSc1ccc2c(c1)OCCO2)c1ccco1. The molecular formula is C16H17NO4S. The van der Waals surface area contributed by atoms with Gasteiger partial charge >= 0.3 is 0 Å². The Morgan fingerprint density at radius 1 is 1.27 bits per heavy atom. The van der Waals surface area contributed by atoms with Crippen LogP contribution in [-0.4, -0.2) is 24.9 Å². The Morgan fingerprint density at radius 2 is 2.09 bits per heavy atom. The van der Waals surface area contributed by atoms with Crippen LogP contribution in [0.3, 0.4) is 0 Å². The highest BCUT2D eigenvalue weighted by Gasteiger charge is 2.14. The number of carbonyl (C=O) groups excluding carboxylic acids is 1. The minimum atomic E-state index is -0.136. The lowest BCUT2D eigenvalue weighted by molar-refractivity contribution is -0.119. The van der Waals surface area contributed by atoms with E-state index in [1.807, 2.05) is 37.3 Å². The van der Waals surface area contributed by atoms with Crippen molar-refractivity contribution >= 4 is 17.7 Å². The lowest BCUT2D eigenvalue weighted by Gasteiger charge is -2.18. The second kappa shape index (κ2) is 6.79. The van der Waals surface area contributed by atoms with Crippen LogP contribution in [0.25, 0.3) is 0 Å². The molecule has 6 heteroatoms. The van der Waals surface area contributed by atoms with Crippen molar-refractivity contribution in [3.05, 3.63) is 42.4 Å². The van der Waals surface area contributed by atoms with Crippen molar-refractivity contribution in [1.82, 2.24) is 5.32 Å². The van der Waals surface area contributed by atoms with Crippen molar-refractivity contribution in [1.29, 1.82) is 0 Å². The maximum absolute atomic E-state index is 12.0. The molecule has 1 aliphatic heterocycles. The normalized spacial score (nSPS) is 14.4. The summed E-state index contributed by atoms with van der Waals surface area (Å²) in [5, 5.41) is 2.91. The van der Waals surface area contributed by atoms with E-state index in [9.17, 15) is 4.79 Å². The van der Waals surface area contributed by atoms with E-state index in [1.165, 1.54) is 11.8 Å². The van der Waals surface area contributed by atoms with Crippen LogP contribution in [0.15, 0.2) is 45.9 Å². The first-order valence-corrected chi connectivity index (χ1v) is 8.06. The van der Waals surface area contributed by atoms with E-state index in [-0.39, 0.29) is 11.9 Å². The van der Waals surface area contributed by atoms with Gasteiger partial charge in [-0.25, -0.2) is 0 Å². The summed E-state index contributed by atoms with van der Waals surface area (Å²) in [6.07, 6.45) is 1.60. The van der Waals surface area contributed by atoms with Gasteiger partial charge in [0.1, 0.15) is 19.0 Å². The molecule has 3 rings (SSSR count). The molecule has 0 radical (unpaired) electrons. The topological polar surface area (TPSA) is 60.7 Å². The molecule has 0 unspecified atom stereocenters. The lowest BCUT2D eigenvalue weighted by Crippen LogP contribution is -2.27. The van der Waals surface area contributed by atoms with Crippen molar-refractivity contribution in [2.75, 3.05) is 19.0 Å². The van der Waals surface area contributed by atoms with E-state index >= 15 is 0 Å². The van der Waals surface area contributed by atoms with Crippen LogP contribution < -0.4 is 14.8 Å². The summed E-state index contributed by atoms with van der Waals surface area (Å²) >= 11 is 1.46. The van der Waals surface area contributed by atoms with Crippen molar-refractivity contribution in [2.45, 2.75) is 17.9 Å². The zero-order valence-electron chi connectivity index (χ0n) is 12.2. The molecule has 1 aliphatic rings. The number of rotatable bonds is 5. The molecule has 1 aromatic heterocycles. The third kappa shape index (κ3) is 3.57. The first kappa shape index (κ1) is 14.8. The van der Waals surface area contributed by atoms with E-state index in [1.54, 1.807) is 6.26 Å². The fraction of sp³-hybridized carbons (Fsp3) is 0.312. The van der Waals surface area contributed by atoms with Gasteiger partial charge in [0.25, 0.3) is 0 Å². The second-order valence-corrected chi connectivity index (χ2v) is 5.95. The van der Waals surface area contributed by atoms with Crippen LogP contribution in [0.2, 0.25) is 0 Å². The number of nitrogens with one attached hydrogen (secondary N) is 1. The molecule has 1 atom stereocenters. The van der Waals surface area contributed by atoms with Gasteiger partial charge in [-0.15, -0.1) is 11.8 Å². The Morgan fingerprint density at radius 3 is 2.86 bits per heavy atom. The largest absolute Gasteiger partial charge is 0.486 e. The highest BCUT2D eigenvalue weighted by molar-refractivity contribution is 8.00. The van der Waals surface area contributed by atoms with Gasteiger partial charge in [0, 0.05) is 4.90 Å². The third-order valence-electron chi connectivity index (χ3n) is 3.23. The van der Waals surface area contributed by atoms with Gasteiger partial charge in [-0.05, 0) is 37.3 Å². The van der Waals surface area contributed by atoms with Crippen LogP contribution in [0.5, 0.6) is 11.5 Å². The van der Waals surface area contributed by atoms with E-state index < -0.39 is 0 Å².